The van der Waals surface area contributed by atoms with Gasteiger partial charge in [-0.25, -0.2) is 4.98 Å². The third-order valence-corrected chi connectivity index (χ3v) is 5.61. The molecule has 1 aromatic heterocycles. The molecule has 1 aromatic rings. The molecule has 5 nitrogen and oxygen atoms in total. The van der Waals surface area contributed by atoms with Crippen LogP contribution in [0, 0.1) is 36.0 Å². The van der Waals surface area contributed by atoms with Crippen LogP contribution in [0.4, 0.5) is 0 Å². The minimum absolute atomic E-state index is 0.0919. The van der Waals surface area contributed by atoms with E-state index in [-0.39, 0.29) is 23.0 Å². The Labute approximate surface area is 137 Å². The first kappa shape index (κ1) is 15.9. The van der Waals surface area contributed by atoms with E-state index in [1.807, 2.05) is 20.8 Å². The number of nitriles is 1. The number of ether oxygens (including phenoxy) is 1. The van der Waals surface area contributed by atoms with E-state index in [0.29, 0.717) is 24.7 Å². The van der Waals surface area contributed by atoms with Gasteiger partial charge < -0.3 is 4.74 Å². The second kappa shape index (κ2) is 5.59. The zero-order valence-corrected chi connectivity index (χ0v) is 14.2. The first-order valence-corrected chi connectivity index (χ1v) is 8.36. The second-order valence-electron chi connectivity index (χ2n) is 6.98. The Morgan fingerprint density at radius 2 is 2.17 bits per heavy atom. The van der Waals surface area contributed by atoms with Gasteiger partial charge >= 0.3 is 0 Å². The van der Waals surface area contributed by atoms with Crippen molar-refractivity contribution in [3.8, 4) is 11.9 Å². The van der Waals surface area contributed by atoms with Crippen molar-refractivity contribution in [3.05, 3.63) is 17.1 Å². The largest absolute Gasteiger partial charge is 0.478 e. The van der Waals surface area contributed by atoms with E-state index < -0.39 is 5.92 Å². The Hall–Kier alpha value is -1.96. The van der Waals surface area contributed by atoms with Crippen molar-refractivity contribution in [2.75, 3.05) is 6.61 Å². The highest BCUT2D eigenvalue weighted by Crippen LogP contribution is 2.52. The van der Waals surface area contributed by atoms with Crippen LogP contribution in [0.15, 0.2) is 0 Å². The Morgan fingerprint density at radius 1 is 1.43 bits per heavy atom. The maximum Gasteiger partial charge on any atom is 0.220 e. The van der Waals surface area contributed by atoms with Crippen LogP contribution >= 0.6 is 0 Å². The van der Waals surface area contributed by atoms with Gasteiger partial charge in [-0.1, -0.05) is 13.8 Å². The monoisotopic (exact) mass is 313 g/mol. The molecular formula is C18H23N3O2. The predicted octanol–water partition coefficient (Wildman–Crippen LogP) is 2.75. The molecule has 2 aliphatic carbocycles. The fraction of sp³-hybridized carbons (Fsp3) is 0.667. The predicted molar refractivity (Wildman–Crippen MR) is 85.0 cm³/mol. The van der Waals surface area contributed by atoms with Crippen LogP contribution in [0.1, 0.15) is 50.7 Å². The topological polar surface area (TPSA) is 75.9 Å². The van der Waals surface area contributed by atoms with Crippen molar-refractivity contribution in [1.29, 1.82) is 5.26 Å². The van der Waals surface area contributed by atoms with E-state index in [2.05, 4.69) is 18.0 Å². The number of ketones is 1. The fourth-order valence-corrected chi connectivity index (χ4v) is 4.52. The summed E-state index contributed by atoms with van der Waals surface area (Å²) in [4.78, 5) is 21.6. The van der Waals surface area contributed by atoms with Gasteiger partial charge in [0, 0.05) is 16.9 Å². The van der Waals surface area contributed by atoms with Crippen LogP contribution in [0.25, 0.3) is 0 Å². The summed E-state index contributed by atoms with van der Waals surface area (Å²) >= 11 is 0. The number of nitrogens with zero attached hydrogens (tertiary/aromatic N) is 3. The molecule has 0 aromatic carbocycles. The van der Waals surface area contributed by atoms with Crippen LogP contribution in [-0.2, 0) is 16.6 Å². The van der Waals surface area contributed by atoms with E-state index in [9.17, 15) is 10.1 Å². The van der Waals surface area contributed by atoms with Gasteiger partial charge in [-0.15, -0.1) is 0 Å². The summed E-state index contributed by atoms with van der Waals surface area (Å²) in [6, 6.07) is 2.20. The molecule has 0 bridgehead atoms. The average molecular weight is 313 g/mol. The van der Waals surface area contributed by atoms with Crippen LogP contribution in [0.3, 0.4) is 0 Å². The average Bonchev–Trinajstić information content (AvgIpc) is 2.52. The smallest absolute Gasteiger partial charge is 0.220 e. The third-order valence-electron chi connectivity index (χ3n) is 5.61. The SMILES string of the molecule is CCOc1nc(C)nc2c1CC[C@H]1[C@H](C)C(=O)C(C#N)C[C@]21C. The molecule has 0 aliphatic heterocycles. The van der Waals surface area contributed by atoms with E-state index in [1.54, 1.807) is 0 Å². The molecule has 1 unspecified atom stereocenters. The lowest BCUT2D eigenvalue weighted by Crippen LogP contribution is -2.50. The number of fused-ring (bicyclic) bond motifs is 3. The number of hydrogen-bond acceptors (Lipinski definition) is 5. The number of carbonyl (C=O) groups excluding carboxylic acids is 1. The minimum atomic E-state index is -0.539. The number of rotatable bonds is 2. The van der Waals surface area contributed by atoms with Crippen molar-refractivity contribution in [2.45, 2.75) is 52.4 Å². The molecule has 0 radical (unpaired) electrons. The number of aromatic nitrogens is 2. The van der Waals surface area contributed by atoms with E-state index in [4.69, 9.17) is 9.72 Å². The number of carbonyl (C=O) groups is 1. The lowest BCUT2D eigenvalue weighted by atomic mass is 9.54. The summed E-state index contributed by atoms with van der Waals surface area (Å²) < 4.78 is 5.73. The molecule has 0 N–H and O–H groups in total. The molecule has 0 spiro atoms. The summed E-state index contributed by atoms with van der Waals surface area (Å²) in [5.41, 5.74) is 1.79. The van der Waals surface area contributed by atoms with Crippen LogP contribution in [0.2, 0.25) is 0 Å². The fourth-order valence-electron chi connectivity index (χ4n) is 4.52. The van der Waals surface area contributed by atoms with Gasteiger partial charge in [-0.05, 0) is 39.0 Å². The lowest BCUT2D eigenvalue weighted by Gasteiger charge is -2.49. The van der Waals surface area contributed by atoms with Gasteiger partial charge in [-0.2, -0.15) is 10.2 Å². The van der Waals surface area contributed by atoms with Crippen LogP contribution in [-0.4, -0.2) is 22.4 Å². The lowest BCUT2D eigenvalue weighted by molar-refractivity contribution is -0.132. The minimum Gasteiger partial charge on any atom is -0.478 e. The van der Waals surface area contributed by atoms with Gasteiger partial charge in [0.15, 0.2) is 5.78 Å². The highest BCUT2D eigenvalue weighted by Gasteiger charge is 2.53. The zero-order valence-electron chi connectivity index (χ0n) is 14.2. The molecule has 1 fully saturated rings. The molecule has 1 saturated carbocycles. The Balaban J connectivity index is 2.15. The standard InChI is InChI=1S/C18H23N3O2/c1-5-23-17-13-6-7-14-10(2)15(22)12(9-19)8-18(14,4)16(13)20-11(3)21-17/h10,12,14H,5-8H2,1-4H3/t10-,12?,14-,18-/m0/s1. The van der Waals surface area contributed by atoms with Gasteiger partial charge in [0.25, 0.3) is 0 Å². The molecule has 5 heteroatoms. The van der Waals surface area contributed by atoms with Crippen molar-refractivity contribution >= 4 is 5.78 Å². The highest BCUT2D eigenvalue weighted by atomic mass is 16.5. The zero-order chi connectivity index (χ0) is 16.8. The van der Waals surface area contributed by atoms with Crippen molar-refractivity contribution < 1.29 is 9.53 Å². The quantitative estimate of drug-likeness (QED) is 0.839. The van der Waals surface area contributed by atoms with E-state index >= 15 is 0 Å². The third kappa shape index (κ3) is 2.32. The molecule has 2 aliphatic rings. The summed E-state index contributed by atoms with van der Waals surface area (Å²) in [7, 11) is 0. The molecule has 4 atom stereocenters. The van der Waals surface area contributed by atoms with Gasteiger partial charge in [-0.3, -0.25) is 4.79 Å². The molecule has 0 amide bonds. The Kier molecular flexibility index (Phi) is 3.87. The molecule has 122 valence electrons. The molecular weight excluding hydrogens is 290 g/mol. The maximum atomic E-state index is 12.4. The van der Waals surface area contributed by atoms with Gasteiger partial charge in [0.05, 0.1) is 18.4 Å². The summed E-state index contributed by atoms with van der Waals surface area (Å²) in [5.74, 6) is 1.05. The van der Waals surface area contributed by atoms with E-state index in [1.165, 1.54) is 0 Å². The van der Waals surface area contributed by atoms with E-state index in [0.717, 1.165) is 24.1 Å². The Bertz CT molecular complexity index is 694. The summed E-state index contributed by atoms with van der Waals surface area (Å²) in [6.45, 7) is 8.51. The van der Waals surface area contributed by atoms with Crippen LogP contribution < -0.4 is 4.74 Å². The van der Waals surface area contributed by atoms with Gasteiger partial charge in [0.1, 0.15) is 11.7 Å². The summed E-state index contributed by atoms with van der Waals surface area (Å²) in [6.07, 6.45) is 2.30. The molecule has 23 heavy (non-hydrogen) atoms. The van der Waals surface area contributed by atoms with Crippen molar-refractivity contribution in [2.24, 2.45) is 17.8 Å². The number of aryl methyl sites for hydroxylation is 1. The van der Waals surface area contributed by atoms with Crippen molar-refractivity contribution in [1.82, 2.24) is 9.97 Å². The summed E-state index contributed by atoms with van der Waals surface area (Å²) in [5, 5.41) is 9.40. The Morgan fingerprint density at radius 3 is 2.83 bits per heavy atom. The molecule has 1 heterocycles. The molecule has 0 saturated heterocycles. The first-order valence-electron chi connectivity index (χ1n) is 8.36. The number of hydrogen-bond donors (Lipinski definition) is 0. The van der Waals surface area contributed by atoms with Crippen molar-refractivity contribution in [3.63, 3.8) is 0 Å². The van der Waals surface area contributed by atoms with Crippen LogP contribution in [0.5, 0.6) is 5.88 Å². The van der Waals surface area contributed by atoms with Gasteiger partial charge in [0.2, 0.25) is 5.88 Å². The number of Topliss-reactive ketones (excluding diaryl/α,β-unsaturated/α-hetero) is 1. The highest BCUT2D eigenvalue weighted by molar-refractivity contribution is 5.87. The first-order chi connectivity index (χ1) is 10.9. The normalized spacial score (nSPS) is 32.7. The maximum absolute atomic E-state index is 12.4. The molecule has 3 rings (SSSR count). The second-order valence-corrected chi connectivity index (χ2v) is 6.98.